The van der Waals surface area contributed by atoms with Crippen LogP contribution in [0.3, 0.4) is 0 Å². The van der Waals surface area contributed by atoms with Crippen LogP contribution in [0.15, 0.2) is 0 Å². The molecule has 2 unspecified atom stereocenters. The number of halogens is 3. The molecule has 1 aliphatic rings. The van der Waals surface area contributed by atoms with Crippen molar-refractivity contribution < 1.29 is 18.0 Å². The Balaban J connectivity index is 2.24. The summed E-state index contributed by atoms with van der Waals surface area (Å²) in [5, 5.41) is 5.72. The molecule has 0 aliphatic carbocycles. The van der Waals surface area contributed by atoms with Crippen molar-refractivity contribution >= 4 is 5.91 Å². The Labute approximate surface area is 111 Å². The number of hydrogen-bond donors (Lipinski definition) is 2. The maximum absolute atomic E-state index is 12.2. The summed E-state index contributed by atoms with van der Waals surface area (Å²) in [6.07, 6.45) is -3.43. The summed E-state index contributed by atoms with van der Waals surface area (Å²) in [6.45, 7) is 2.87. The van der Waals surface area contributed by atoms with Gasteiger partial charge in [-0.05, 0) is 25.9 Å². The summed E-state index contributed by atoms with van der Waals surface area (Å²) in [7, 11) is 1.77. The molecule has 2 N–H and O–H groups in total. The van der Waals surface area contributed by atoms with E-state index in [1.54, 1.807) is 7.05 Å². The van der Waals surface area contributed by atoms with Crippen molar-refractivity contribution in [3.8, 4) is 0 Å². The first kappa shape index (κ1) is 16.2. The van der Waals surface area contributed by atoms with Crippen molar-refractivity contribution in [3.05, 3.63) is 0 Å². The van der Waals surface area contributed by atoms with Gasteiger partial charge in [0, 0.05) is 25.6 Å². The fraction of sp³-hybridized carbons (Fsp3) is 0.917. The first-order valence-corrected chi connectivity index (χ1v) is 6.53. The molecule has 1 rings (SSSR count). The van der Waals surface area contributed by atoms with E-state index in [-0.39, 0.29) is 17.7 Å². The van der Waals surface area contributed by atoms with E-state index in [2.05, 4.69) is 10.6 Å². The normalized spacial score (nSPS) is 22.5. The smallest absolute Gasteiger partial charge is 0.356 e. The summed E-state index contributed by atoms with van der Waals surface area (Å²) in [5.41, 5.74) is 0. The molecule has 0 aromatic carbocycles. The van der Waals surface area contributed by atoms with Crippen LogP contribution in [0.25, 0.3) is 0 Å². The van der Waals surface area contributed by atoms with Crippen LogP contribution in [0.1, 0.15) is 13.3 Å². The zero-order chi connectivity index (χ0) is 14.5. The average Bonchev–Trinajstić information content (AvgIpc) is 2.71. The van der Waals surface area contributed by atoms with Crippen LogP contribution in [-0.4, -0.2) is 56.8 Å². The van der Waals surface area contributed by atoms with Gasteiger partial charge >= 0.3 is 6.18 Å². The second-order valence-electron chi connectivity index (χ2n) is 5.21. The number of rotatable bonds is 6. The summed E-state index contributed by atoms with van der Waals surface area (Å²) in [5.74, 6) is -0.0608. The van der Waals surface area contributed by atoms with Crippen LogP contribution in [0.5, 0.6) is 0 Å². The monoisotopic (exact) mass is 281 g/mol. The van der Waals surface area contributed by atoms with Gasteiger partial charge in [-0.25, -0.2) is 0 Å². The van der Waals surface area contributed by atoms with Crippen LogP contribution in [0, 0.1) is 11.8 Å². The molecular formula is C12H22F3N3O. The molecular weight excluding hydrogens is 259 g/mol. The van der Waals surface area contributed by atoms with E-state index in [0.29, 0.717) is 32.6 Å². The molecule has 0 aromatic heterocycles. The highest BCUT2D eigenvalue weighted by Crippen LogP contribution is 2.22. The molecule has 0 bridgehead atoms. The van der Waals surface area contributed by atoms with Gasteiger partial charge in [-0.1, -0.05) is 6.92 Å². The van der Waals surface area contributed by atoms with Crippen LogP contribution in [-0.2, 0) is 4.79 Å². The molecule has 0 radical (unpaired) electrons. The zero-order valence-electron chi connectivity index (χ0n) is 11.4. The lowest BCUT2D eigenvalue weighted by Gasteiger charge is -2.18. The minimum Gasteiger partial charge on any atom is -0.356 e. The summed E-state index contributed by atoms with van der Waals surface area (Å²) in [4.78, 5) is 13.1. The minimum absolute atomic E-state index is 0.0522. The lowest BCUT2D eigenvalue weighted by atomic mass is 10.1. The highest BCUT2D eigenvalue weighted by Gasteiger charge is 2.34. The van der Waals surface area contributed by atoms with Crippen molar-refractivity contribution in [2.75, 3.05) is 39.8 Å². The molecule has 1 saturated heterocycles. The highest BCUT2D eigenvalue weighted by atomic mass is 19.4. The number of likely N-dealkylation sites (tertiary alicyclic amines) is 1. The maximum atomic E-state index is 12.2. The fourth-order valence-electron chi connectivity index (χ4n) is 2.29. The van der Waals surface area contributed by atoms with Gasteiger partial charge in [0.05, 0.1) is 6.54 Å². The van der Waals surface area contributed by atoms with Crippen molar-refractivity contribution in [3.63, 3.8) is 0 Å². The summed E-state index contributed by atoms with van der Waals surface area (Å²) in [6, 6.07) is 0. The fourth-order valence-corrected chi connectivity index (χ4v) is 2.29. The van der Waals surface area contributed by atoms with Gasteiger partial charge < -0.3 is 10.6 Å². The summed E-state index contributed by atoms with van der Waals surface area (Å²) >= 11 is 0. The van der Waals surface area contributed by atoms with E-state index in [1.807, 2.05) is 6.92 Å². The number of carbonyl (C=O) groups is 1. The van der Waals surface area contributed by atoms with Crippen molar-refractivity contribution in [2.24, 2.45) is 11.8 Å². The van der Waals surface area contributed by atoms with Gasteiger partial charge in [0.15, 0.2) is 0 Å². The van der Waals surface area contributed by atoms with Gasteiger partial charge in [-0.2, -0.15) is 13.2 Å². The molecule has 19 heavy (non-hydrogen) atoms. The Morgan fingerprint density at radius 3 is 2.74 bits per heavy atom. The lowest BCUT2D eigenvalue weighted by Crippen LogP contribution is -2.38. The van der Waals surface area contributed by atoms with Gasteiger partial charge in [0.2, 0.25) is 5.91 Å². The quantitative estimate of drug-likeness (QED) is 0.758. The predicted molar refractivity (Wildman–Crippen MR) is 66.7 cm³/mol. The van der Waals surface area contributed by atoms with Gasteiger partial charge in [0.25, 0.3) is 0 Å². The van der Waals surface area contributed by atoms with Crippen molar-refractivity contribution in [1.29, 1.82) is 0 Å². The van der Waals surface area contributed by atoms with Gasteiger partial charge in [-0.3, -0.25) is 9.69 Å². The zero-order valence-corrected chi connectivity index (χ0v) is 11.4. The standard InChI is InChI=1S/C12H22F3N3O/c1-9(5-16-2)11(19)17-6-10-3-4-18(7-10)8-12(13,14)15/h9-10,16H,3-8H2,1-2H3,(H,17,19). The Hall–Kier alpha value is -0.820. The lowest BCUT2D eigenvalue weighted by molar-refractivity contribution is -0.143. The second kappa shape index (κ2) is 7.09. The van der Waals surface area contributed by atoms with Crippen LogP contribution >= 0.6 is 0 Å². The van der Waals surface area contributed by atoms with Crippen molar-refractivity contribution in [1.82, 2.24) is 15.5 Å². The van der Waals surface area contributed by atoms with E-state index < -0.39 is 12.7 Å². The number of hydrogen-bond acceptors (Lipinski definition) is 3. The van der Waals surface area contributed by atoms with Crippen LogP contribution in [0.4, 0.5) is 13.2 Å². The first-order valence-electron chi connectivity index (χ1n) is 6.53. The number of carbonyl (C=O) groups excluding carboxylic acids is 1. The Morgan fingerprint density at radius 2 is 2.16 bits per heavy atom. The molecule has 1 heterocycles. The molecule has 1 fully saturated rings. The number of nitrogens with one attached hydrogen (secondary N) is 2. The molecule has 0 spiro atoms. The topological polar surface area (TPSA) is 44.4 Å². The molecule has 4 nitrogen and oxygen atoms in total. The third-order valence-electron chi connectivity index (χ3n) is 3.30. The number of alkyl halides is 3. The summed E-state index contributed by atoms with van der Waals surface area (Å²) < 4.78 is 36.7. The Kier molecular flexibility index (Phi) is 6.06. The second-order valence-corrected chi connectivity index (χ2v) is 5.21. The maximum Gasteiger partial charge on any atom is 0.401 e. The van der Waals surface area contributed by atoms with E-state index in [1.165, 1.54) is 4.90 Å². The van der Waals surface area contributed by atoms with E-state index in [4.69, 9.17) is 0 Å². The van der Waals surface area contributed by atoms with E-state index >= 15 is 0 Å². The highest BCUT2D eigenvalue weighted by molar-refractivity contribution is 5.78. The molecule has 0 saturated carbocycles. The van der Waals surface area contributed by atoms with Crippen molar-refractivity contribution in [2.45, 2.75) is 19.5 Å². The number of nitrogens with zero attached hydrogens (tertiary/aromatic N) is 1. The predicted octanol–water partition coefficient (Wildman–Crippen LogP) is 0.842. The SMILES string of the molecule is CNCC(C)C(=O)NCC1CCN(CC(F)(F)F)C1. The van der Waals surface area contributed by atoms with Crippen LogP contribution < -0.4 is 10.6 Å². The van der Waals surface area contributed by atoms with Gasteiger partial charge in [-0.15, -0.1) is 0 Å². The third-order valence-corrected chi connectivity index (χ3v) is 3.30. The Bertz CT molecular complexity index is 296. The third kappa shape index (κ3) is 6.24. The molecule has 2 atom stereocenters. The van der Waals surface area contributed by atoms with Crippen LogP contribution in [0.2, 0.25) is 0 Å². The molecule has 1 aliphatic heterocycles. The molecule has 0 aromatic rings. The largest absolute Gasteiger partial charge is 0.401 e. The number of amides is 1. The molecule has 7 heteroatoms. The minimum atomic E-state index is -4.14. The Morgan fingerprint density at radius 1 is 1.47 bits per heavy atom. The van der Waals surface area contributed by atoms with E-state index in [9.17, 15) is 18.0 Å². The van der Waals surface area contributed by atoms with E-state index in [0.717, 1.165) is 0 Å². The van der Waals surface area contributed by atoms with Gasteiger partial charge in [0.1, 0.15) is 0 Å². The molecule has 112 valence electrons. The molecule has 1 amide bonds. The average molecular weight is 281 g/mol. The first-order chi connectivity index (χ1) is 8.81.